The zero-order chi connectivity index (χ0) is 19.8. The lowest BCUT2D eigenvalue weighted by molar-refractivity contribution is -0.385. The molecule has 0 saturated carbocycles. The molecule has 1 heterocycles. The molecule has 1 fully saturated rings. The molecule has 1 aliphatic rings. The molecule has 2 aromatic rings. The number of ether oxygens (including phenoxy) is 1. The number of nitro benzene ring substituents is 1. The van der Waals surface area contributed by atoms with E-state index in [4.69, 9.17) is 4.74 Å². The zero-order valence-corrected chi connectivity index (χ0v) is 15.7. The number of hydrogen-bond acceptors (Lipinski definition) is 5. The average Bonchev–Trinajstić information content (AvgIpc) is 2.64. The minimum atomic E-state index is -3.95. The van der Waals surface area contributed by atoms with E-state index in [1.165, 1.54) is 22.5 Å². The fourth-order valence-corrected chi connectivity index (χ4v) is 4.79. The van der Waals surface area contributed by atoms with Gasteiger partial charge in [0.2, 0.25) is 10.0 Å². The molecule has 0 unspecified atom stereocenters. The van der Waals surface area contributed by atoms with Crippen LogP contribution in [0.3, 0.4) is 0 Å². The number of non-ortho nitro benzene ring substituents is 1. The Morgan fingerprint density at radius 3 is 2.52 bits per heavy atom. The third-order valence-electron chi connectivity index (χ3n) is 4.70. The Kier molecular flexibility index (Phi) is 5.27. The van der Waals surface area contributed by atoms with Crippen LogP contribution in [-0.2, 0) is 14.8 Å². The van der Waals surface area contributed by atoms with Gasteiger partial charge in [-0.25, -0.2) is 12.8 Å². The lowest BCUT2D eigenvalue weighted by Gasteiger charge is -2.32. The molecule has 0 radical (unpaired) electrons. The average molecular weight is 394 g/mol. The number of halogens is 1. The van der Waals surface area contributed by atoms with Crippen LogP contribution in [0.5, 0.6) is 0 Å². The minimum absolute atomic E-state index is 0.0507. The topological polar surface area (TPSA) is 89.8 Å². The lowest BCUT2D eigenvalue weighted by atomic mass is 10.1. The van der Waals surface area contributed by atoms with Crippen molar-refractivity contribution in [2.24, 2.45) is 0 Å². The number of benzene rings is 2. The highest BCUT2D eigenvalue weighted by Crippen LogP contribution is 2.31. The van der Waals surface area contributed by atoms with Crippen LogP contribution >= 0.6 is 0 Å². The Morgan fingerprint density at radius 1 is 1.22 bits per heavy atom. The van der Waals surface area contributed by atoms with Crippen molar-refractivity contribution >= 4 is 15.7 Å². The largest absolute Gasteiger partial charge is 0.371 e. The standard InChI is InChI=1S/C18H19FN2O5S/c1-12-9-16(21(22)23)10-18(13(12)2)27(24,25)20-7-8-26-17(11-20)14-3-5-15(19)6-4-14/h3-6,9-10,17H,7-8,11H2,1-2H3/t17-/m0/s1. The molecule has 3 rings (SSSR count). The quantitative estimate of drug-likeness (QED) is 0.587. The summed E-state index contributed by atoms with van der Waals surface area (Å²) < 4.78 is 46.3. The van der Waals surface area contributed by atoms with Crippen LogP contribution in [0.2, 0.25) is 0 Å². The van der Waals surface area contributed by atoms with Crippen molar-refractivity contribution in [2.45, 2.75) is 24.8 Å². The van der Waals surface area contributed by atoms with Crippen molar-refractivity contribution in [1.82, 2.24) is 4.31 Å². The van der Waals surface area contributed by atoms with Gasteiger partial charge < -0.3 is 4.74 Å². The molecule has 27 heavy (non-hydrogen) atoms. The van der Waals surface area contributed by atoms with Gasteiger partial charge in [0.05, 0.1) is 22.5 Å². The van der Waals surface area contributed by atoms with Crippen LogP contribution in [0.25, 0.3) is 0 Å². The monoisotopic (exact) mass is 394 g/mol. The number of rotatable bonds is 4. The van der Waals surface area contributed by atoms with Gasteiger partial charge in [-0.05, 0) is 42.7 Å². The van der Waals surface area contributed by atoms with E-state index >= 15 is 0 Å². The van der Waals surface area contributed by atoms with E-state index in [1.54, 1.807) is 26.0 Å². The number of sulfonamides is 1. The summed E-state index contributed by atoms with van der Waals surface area (Å²) in [7, 11) is -3.95. The Balaban J connectivity index is 1.95. The molecule has 1 aliphatic heterocycles. The van der Waals surface area contributed by atoms with E-state index in [1.807, 2.05) is 0 Å². The van der Waals surface area contributed by atoms with E-state index in [-0.39, 0.29) is 36.1 Å². The number of hydrogen-bond donors (Lipinski definition) is 0. The number of nitro groups is 1. The molecule has 0 amide bonds. The smallest absolute Gasteiger partial charge is 0.271 e. The van der Waals surface area contributed by atoms with Gasteiger partial charge in [0.1, 0.15) is 5.82 Å². The third kappa shape index (κ3) is 3.85. The molecule has 0 bridgehead atoms. The normalized spacial score (nSPS) is 18.4. The third-order valence-corrected chi connectivity index (χ3v) is 6.70. The molecule has 0 N–H and O–H groups in total. The van der Waals surface area contributed by atoms with Crippen LogP contribution in [0.15, 0.2) is 41.3 Å². The number of nitrogens with zero attached hydrogens (tertiary/aromatic N) is 2. The molecular weight excluding hydrogens is 375 g/mol. The summed E-state index contributed by atoms with van der Waals surface area (Å²) >= 11 is 0. The van der Waals surface area contributed by atoms with Crippen molar-refractivity contribution in [2.75, 3.05) is 19.7 Å². The van der Waals surface area contributed by atoms with Gasteiger partial charge in [-0.3, -0.25) is 10.1 Å². The molecule has 2 aromatic carbocycles. The molecule has 7 nitrogen and oxygen atoms in total. The molecule has 0 spiro atoms. The fraction of sp³-hybridized carbons (Fsp3) is 0.333. The summed E-state index contributed by atoms with van der Waals surface area (Å²) in [6, 6.07) is 8.15. The highest BCUT2D eigenvalue weighted by molar-refractivity contribution is 7.89. The SMILES string of the molecule is Cc1cc([N+](=O)[O-])cc(S(=O)(=O)N2CCO[C@H](c3ccc(F)cc3)C2)c1C. The van der Waals surface area contributed by atoms with Crippen molar-refractivity contribution in [3.05, 3.63) is 69.0 Å². The van der Waals surface area contributed by atoms with Crippen LogP contribution in [0.1, 0.15) is 22.8 Å². The maximum absolute atomic E-state index is 13.2. The Hall–Kier alpha value is -2.36. The zero-order valence-electron chi connectivity index (χ0n) is 14.9. The van der Waals surface area contributed by atoms with Crippen molar-refractivity contribution in [3.8, 4) is 0 Å². The van der Waals surface area contributed by atoms with E-state index < -0.39 is 21.1 Å². The van der Waals surface area contributed by atoms with Crippen molar-refractivity contribution < 1.29 is 22.5 Å². The summed E-state index contributed by atoms with van der Waals surface area (Å²) in [5.41, 5.74) is 1.42. The van der Waals surface area contributed by atoms with E-state index in [0.29, 0.717) is 16.7 Å². The summed E-state index contributed by atoms with van der Waals surface area (Å²) in [4.78, 5) is 10.5. The highest BCUT2D eigenvalue weighted by atomic mass is 32.2. The van der Waals surface area contributed by atoms with Crippen LogP contribution in [0, 0.1) is 29.8 Å². The van der Waals surface area contributed by atoms with Gasteiger partial charge >= 0.3 is 0 Å². The molecular formula is C18H19FN2O5S. The second-order valence-electron chi connectivity index (χ2n) is 6.42. The molecule has 1 atom stereocenters. The van der Waals surface area contributed by atoms with Crippen molar-refractivity contribution in [1.29, 1.82) is 0 Å². The van der Waals surface area contributed by atoms with Gasteiger partial charge in [0.15, 0.2) is 0 Å². The van der Waals surface area contributed by atoms with Gasteiger partial charge in [-0.2, -0.15) is 4.31 Å². The van der Waals surface area contributed by atoms with Gasteiger partial charge in [0.25, 0.3) is 5.69 Å². The summed E-state index contributed by atoms with van der Waals surface area (Å²) in [5, 5.41) is 11.1. The van der Waals surface area contributed by atoms with Crippen molar-refractivity contribution in [3.63, 3.8) is 0 Å². The van der Waals surface area contributed by atoms with Gasteiger partial charge in [-0.1, -0.05) is 12.1 Å². The Morgan fingerprint density at radius 2 is 1.89 bits per heavy atom. The molecule has 9 heteroatoms. The fourth-order valence-electron chi connectivity index (χ4n) is 3.04. The molecule has 1 saturated heterocycles. The predicted octanol–water partition coefficient (Wildman–Crippen LogP) is 3.11. The first kappa shape index (κ1) is 19.4. The van der Waals surface area contributed by atoms with E-state index in [2.05, 4.69) is 0 Å². The summed E-state index contributed by atoms with van der Waals surface area (Å²) in [5.74, 6) is -0.387. The first-order valence-corrected chi connectivity index (χ1v) is 9.77. The first-order valence-electron chi connectivity index (χ1n) is 8.33. The van der Waals surface area contributed by atoms with Gasteiger partial charge in [0, 0.05) is 25.2 Å². The predicted molar refractivity (Wildman–Crippen MR) is 96.4 cm³/mol. The Bertz CT molecular complexity index is 976. The van der Waals surface area contributed by atoms with E-state index in [0.717, 1.165) is 6.07 Å². The summed E-state index contributed by atoms with van der Waals surface area (Å²) in [6.07, 6.45) is -0.533. The molecule has 0 aliphatic carbocycles. The van der Waals surface area contributed by atoms with Crippen LogP contribution in [0.4, 0.5) is 10.1 Å². The Labute approximate surface area is 156 Å². The first-order chi connectivity index (χ1) is 12.7. The maximum Gasteiger partial charge on any atom is 0.271 e. The second kappa shape index (κ2) is 7.34. The van der Waals surface area contributed by atoms with E-state index in [9.17, 15) is 22.9 Å². The van der Waals surface area contributed by atoms with Crippen LogP contribution in [-0.4, -0.2) is 37.3 Å². The minimum Gasteiger partial charge on any atom is -0.371 e. The van der Waals surface area contributed by atoms with Gasteiger partial charge in [-0.15, -0.1) is 0 Å². The number of morpholine rings is 1. The summed E-state index contributed by atoms with van der Waals surface area (Å²) in [6.45, 7) is 3.64. The number of aryl methyl sites for hydroxylation is 1. The molecule has 144 valence electrons. The lowest BCUT2D eigenvalue weighted by Crippen LogP contribution is -2.42. The highest BCUT2D eigenvalue weighted by Gasteiger charge is 2.33. The van der Waals surface area contributed by atoms with Crippen LogP contribution < -0.4 is 0 Å². The second-order valence-corrected chi connectivity index (χ2v) is 8.32. The molecule has 0 aromatic heterocycles. The maximum atomic E-state index is 13.2.